The summed E-state index contributed by atoms with van der Waals surface area (Å²) in [5, 5.41) is 4.61. The van der Waals surface area contributed by atoms with Crippen LogP contribution in [0.1, 0.15) is 36.7 Å². The monoisotopic (exact) mass is 251 g/mol. The van der Waals surface area contributed by atoms with Crippen molar-refractivity contribution in [2.45, 2.75) is 25.8 Å². The van der Waals surface area contributed by atoms with E-state index in [0.717, 1.165) is 12.0 Å². The molecule has 17 heavy (non-hydrogen) atoms. The lowest BCUT2D eigenvalue weighted by Gasteiger charge is -1.99. The Hall–Kier alpha value is -1.39. The van der Waals surface area contributed by atoms with Gasteiger partial charge in [-0.3, -0.25) is 0 Å². The molecule has 0 saturated heterocycles. The van der Waals surface area contributed by atoms with Crippen molar-refractivity contribution < 1.29 is 4.52 Å². The third-order valence-electron chi connectivity index (χ3n) is 2.49. The van der Waals surface area contributed by atoms with E-state index >= 15 is 0 Å². The lowest BCUT2D eigenvalue weighted by atomic mass is 10.1. The Balaban J connectivity index is 2.11. The Labute approximate surface area is 105 Å². The molecule has 0 spiro atoms. The second-order valence-electron chi connectivity index (χ2n) is 3.87. The second-order valence-corrected chi connectivity index (χ2v) is 4.31. The van der Waals surface area contributed by atoms with Crippen molar-refractivity contribution >= 4 is 11.6 Å². The largest absolute Gasteiger partial charge is 0.338 e. The van der Waals surface area contributed by atoms with Gasteiger partial charge in [0, 0.05) is 11.4 Å². The molecule has 0 radical (unpaired) electrons. The molecule has 2 N–H and O–H groups in total. The molecule has 0 aliphatic heterocycles. The lowest BCUT2D eigenvalue weighted by molar-refractivity contribution is 0.348. The number of halogens is 1. The van der Waals surface area contributed by atoms with E-state index in [0.29, 0.717) is 23.2 Å². The summed E-state index contributed by atoms with van der Waals surface area (Å²) >= 11 is 5.90. The normalized spacial score (nSPS) is 12.6. The van der Waals surface area contributed by atoms with Crippen LogP contribution in [0, 0.1) is 0 Å². The third kappa shape index (κ3) is 3.05. The van der Waals surface area contributed by atoms with Crippen molar-refractivity contribution in [2.75, 3.05) is 0 Å². The molecular weight excluding hydrogens is 238 g/mol. The first-order chi connectivity index (χ1) is 8.19. The summed E-state index contributed by atoms with van der Waals surface area (Å²) in [7, 11) is 0. The van der Waals surface area contributed by atoms with Crippen LogP contribution in [0.5, 0.6) is 0 Å². The SMILES string of the molecule is CC[C@H](N)c1nc(Cc2cccc(Cl)c2)no1. The fraction of sp³-hybridized carbons (Fsp3) is 0.333. The van der Waals surface area contributed by atoms with Gasteiger partial charge in [-0.1, -0.05) is 35.8 Å². The minimum atomic E-state index is -0.185. The van der Waals surface area contributed by atoms with Gasteiger partial charge in [0.05, 0.1) is 6.04 Å². The number of rotatable bonds is 4. The number of benzene rings is 1. The number of nitrogens with two attached hydrogens (primary N) is 1. The van der Waals surface area contributed by atoms with Crippen LogP contribution in [0.25, 0.3) is 0 Å². The zero-order chi connectivity index (χ0) is 12.3. The van der Waals surface area contributed by atoms with E-state index in [1.807, 2.05) is 31.2 Å². The molecule has 0 aliphatic rings. The maximum Gasteiger partial charge on any atom is 0.243 e. The highest BCUT2D eigenvalue weighted by Crippen LogP contribution is 2.15. The summed E-state index contributed by atoms with van der Waals surface area (Å²) in [6.45, 7) is 1.98. The van der Waals surface area contributed by atoms with Gasteiger partial charge in [-0.15, -0.1) is 0 Å². The molecule has 0 saturated carbocycles. The molecular formula is C12H14ClN3O. The van der Waals surface area contributed by atoms with Gasteiger partial charge in [0.1, 0.15) is 0 Å². The van der Waals surface area contributed by atoms with E-state index in [9.17, 15) is 0 Å². The third-order valence-corrected chi connectivity index (χ3v) is 2.73. The van der Waals surface area contributed by atoms with Gasteiger partial charge in [0.2, 0.25) is 5.89 Å². The van der Waals surface area contributed by atoms with Crippen molar-refractivity contribution in [1.29, 1.82) is 0 Å². The molecule has 0 fully saturated rings. The van der Waals surface area contributed by atoms with Crippen molar-refractivity contribution in [3.8, 4) is 0 Å². The van der Waals surface area contributed by atoms with Crippen LogP contribution in [0.4, 0.5) is 0 Å². The molecule has 2 rings (SSSR count). The summed E-state index contributed by atoms with van der Waals surface area (Å²) in [6.07, 6.45) is 1.37. The summed E-state index contributed by atoms with van der Waals surface area (Å²) in [5.74, 6) is 1.12. The van der Waals surface area contributed by atoms with E-state index in [1.165, 1.54) is 0 Å². The van der Waals surface area contributed by atoms with Gasteiger partial charge in [-0.25, -0.2) is 0 Å². The quantitative estimate of drug-likeness (QED) is 0.907. The Bertz CT molecular complexity index is 498. The number of hydrogen-bond donors (Lipinski definition) is 1. The van der Waals surface area contributed by atoms with Crippen LogP contribution < -0.4 is 5.73 Å². The van der Waals surface area contributed by atoms with E-state index < -0.39 is 0 Å². The molecule has 1 aromatic carbocycles. The highest BCUT2D eigenvalue weighted by molar-refractivity contribution is 6.30. The molecule has 0 unspecified atom stereocenters. The topological polar surface area (TPSA) is 64.9 Å². The van der Waals surface area contributed by atoms with E-state index in [2.05, 4.69) is 10.1 Å². The zero-order valence-corrected chi connectivity index (χ0v) is 10.3. The first-order valence-electron chi connectivity index (χ1n) is 5.51. The Morgan fingerprint density at radius 3 is 3.00 bits per heavy atom. The number of aromatic nitrogens is 2. The second kappa shape index (κ2) is 5.29. The average Bonchev–Trinajstić information content (AvgIpc) is 2.76. The maximum absolute atomic E-state index is 5.90. The average molecular weight is 252 g/mol. The van der Waals surface area contributed by atoms with Gasteiger partial charge >= 0.3 is 0 Å². The molecule has 5 heteroatoms. The van der Waals surface area contributed by atoms with Crippen LogP contribution in [0.15, 0.2) is 28.8 Å². The number of hydrogen-bond acceptors (Lipinski definition) is 4. The predicted octanol–water partition coefficient (Wildman–Crippen LogP) is 2.72. The summed E-state index contributed by atoms with van der Waals surface area (Å²) in [6, 6.07) is 7.41. The minimum Gasteiger partial charge on any atom is -0.338 e. The Morgan fingerprint density at radius 1 is 1.47 bits per heavy atom. The van der Waals surface area contributed by atoms with Crippen LogP contribution in [-0.4, -0.2) is 10.1 Å². The van der Waals surface area contributed by atoms with Crippen molar-refractivity contribution in [2.24, 2.45) is 5.73 Å². The molecule has 1 atom stereocenters. The molecule has 2 aromatic rings. The highest BCUT2D eigenvalue weighted by atomic mass is 35.5. The van der Waals surface area contributed by atoms with Crippen LogP contribution in [0.3, 0.4) is 0 Å². The zero-order valence-electron chi connectivity index (χ0n) is 9.56. The smallest absolute Gasteiger partial charge is 0.243 e. The van der Waals surface area contributed by atoms with Crippen molar-refractivity contribution in [3.63, 3.8) is 0 Å². The summed E-state index contributed by atoms with van der Waals surface area (Å²) in [5.41, 5.74) is 6.86. The van der Waals surface area contributed by atoms with E-state index in [1.54, 1.807) is 0 Å². The molecule has 4 nitrogen and oxygen atoms in total. The molecule has 0 bridgehead atoms. The minimum absolute atomic E-state index is 0.185. The molecule has 0 aliphatic carbocycles. The fourth-order valence-corrected chi connectivity index (χ4v) is 1.71. The first kappa shape index (κ1) is 12.1. The molecule has 0 amide bonds. The van der Waals surface area contributed by atoms with E-state index in [4.69, 9.17) is 21.9 Å². The van der Waals surface area contributed by atoms with Crippen LogP contribution in [0.2, 0.25) is 5.02 Å². The van der Waals surface area contributed by atoms with Crippen LogP contribution in [-0.2, 0) is 6.42 Å². The highest BCUT2D eigenvalue weighted by Gasteiger charge is 2.12. The molecule has 1 aromatic heterocycles. The number of nitrogens with zero attached hydrogens (tertiary/aromatic N) is 2. The van der Waals surface area contributed by atoms with Gasteiger partial charge in [0.25, 0.3) is 0 Å². The van der Waals surface area contributed by atoms with Gasteiger partial charge < -0.3 is 10.3 Å². The Kier molecular flexibility index (Phi) is 3.76. The lowest BCUT2D eigenvalue weighted by Crippen LogP contribution is -2.08. The van der Waals surface area contributed by atoms with E-state index in [-0.39, 0.29) is 6.04 Å². The molecule has 90 valence electrons. The van der Waals surface area contributed by atoms with Gasteiger partial charge in [-0.05, 0) is 24.1 Å². The fourth-order valence-electron chi connectivity index (χ4n) is 1.49. The Morgan fingerprint density at radius 2 is 2.29 bits per heavy atom. The van der Waals surface area contributed by atoms with Crippen LogP contribution >= 0.6 is 11.6 Å². The summed E-state index contributed by atoms with van der Waals surface area (Å²) < 4.78 is 5.10. The van der Waals surface area contributed by atoms with Gasteiger partial charge in [0.15, 0.2) is 5.82 Å². The predicted molar refractivity (Wildman–Crippen MR) is 65.8 cm³/mol. The van der Waals surface area contributed by atoms with Crippen molar-refractivity contribution in [1.82, 2.24) is 10.1 Å². The maximum atomic E-state index is 5.90. The summed E-state index contributed by atoms with van der Waals surface area (Å²) in [4.78, 5) is 4.26. The van der Waals surface area contributed by atoms with Crippen molar-refractivity contribution in [3.05, 3.63) is 46.6 Å². The first-order valence-corrected chi connectivity index (χ1v) is 5.89. The standard InChI is InChI=1S/C12H14ClN3O/c1-2-10(14)12-15-11(16-17-12)7-8-4-3-5-9(13)6-8/h3-6,10H,2,7,14H2,1H3/t10-/m0/s1. The molecule has 1 heterocycles. The van der Waals surface area contributed by atoms with Gasteiger partial charge in [-0.2, -0.15) is 4.98 Å².